The molecule has 1 N–H and O–H groups in total. The zero-order valence-electron chi connectivity index (χ0n) is 17.6. The Labute approximate surface area is 195 Å². The van der Waals surface area contributed by atoms with E-state index in [1.165, 1.54) is 35.2 Å². The molecule has 0 fully saturated rings. The standard InChI is InChI=1S/C22H17ClF4N6O/c1-13-16(20(23)33(31-13)11-14-6-8-15(24)9-7-14)10-28-30-19(34)12-32-18-5-3-2-4-17(18)29-21(32)22(25,26)27/h2-10H,11-12H2,1H3,(H,30,34). The number of aromatic nitrogens is 4. The molecule has 0 spiro atoms. The van der Waals surface area contributed by atoms with Gasteiger partial charge in [0.05, 0.1) is 35.1 Å². The highest BCUT2D eigenvalue weighted by Gasteiger charge is 2.38. The molecule has 12 heteroatoms. The second-order valence-electron chi connectivity index (χ2n) is 7.38. The number of nitrogens with zero attached hydrogens (tertiary/aromatic N) is 5. The molecular weight excluding hydrogens is 476 g/mol. The average Bonchev–Trinajstić information content (AvgIpc) is 3.28. The van der Waals surface area contributed by atoms with E-state index in [4.69, 9.17) is 11.6 Å². The lowest BCUT2D eigenvalue weighted by molar-refractivity contribution is -0.147. The lowest BCUT2D eigenvalue weighted by atomic mass is 10.2. The molecule has 0 aliphatic carbocycles. The number of carbonyl (C=O) groups is 1. The number of nitrogens with one attached hydrogen (secondary N) is 1. The van der Waals surface area contributed by atoms with Gasteiger partial charge < -0.3 is 4.57 Å². The molecule has 2 aromatic heterocycles. The molecule has 0 bridgehead atoms. The Hall–Kier alpha value is -3.73. The van der Waals surface area contributed by atoms with Crippen molar-refractivity contribution in [1.82, 2.24) is 24.8 Å². The maximum atomic E-state index is 13.4. The SMILES string of the molecule is Cc1nn(Cc2ccc(F)cc2)c(Cl)c1C=NNC(=O)Cn1c(C(F)(F)F)nc2ccccc21. The third-order valence-corrected chi connectivity index (χ3v) is 5.35. The molecule has 7 nitrogen and oxygen atoms in total. The summed E-state index contributed by atoms with van der Waals surface area (Å²) < 4.78 is 55.5. The molecule has 0 unspecified atom stereocenters. The first-order chi connectivity index (χ1) is 16.1. The van der Waals surface area contributed by atoms with E-state index < -0.39 is 24.5 Å². The Balaban J connectivity index is 1.48. The summed E-state index contributed by atoms with van der Waals surface area (Å²) in [6, 6.07) is 11.9. The monoisotopic (exact) mass is 492 g/mol. The molecule has 4 aromatic rings. The largest absolute Gasteiger partial charge is 0.449 e. The summed E-state index contributed by atoms with van der Waals surface area (Å²) in [7, 11) is 0. The second kappa shape index (κ2) is 9.26. The van der Waals surface area contributed by atoms with E-state index in [2.05, 4.69) is 20.6 Å². The Bertz CT molecular complexity index is 1370. The number of fused-ring (bicyclic) bond motifs is 1. The van der Waals surface area contributed by atoms with Crippen molar-refractivity contribution in [3.63, 3.8) is 0 Å². The third kappa shape index (κ3) is 4.93. The summed E-state index contributed by atoms with van der Waals surface area (Å²) in [4.78, 5) is 15.9. The number of rotatable bonds is 6. The smallest absolute Gasteiger partial charge is 0.311 e. The Morgan fingerprint density at radius 3 is 2.59 bits per heavy atom. The maximum absolute atomic E-state index is 13.4. The van der Waals surface area contributed by atoms with Gasteiger partial charge in [-0.2, -0.15) is 23.4 Å². The summed E-state index contributed by atoms with van der Waals surface area (Å²) in [5.74, 6) is -2.31. The number of hydrogen-bond acceptors (Lipinski definition) is 4. The van der Waals surface area contributed by atoms with E-state index in [1.807, 2.05) is 0 Å². The molecule has 0 saturated carbocycles. The van der Waals surface area contributed by atoms with Crippen molar-refractivity contribution in [1.29, 1.82) is 0 Å². The molecule has 0 saturated heterocycles. The normalized spacial score (nSPS) is 12.1. The Kier molecular flexibility index (Phi) is 6.38. The van der Waals surface area contributed by atoms with E-state index in [9.17, 15) is 22.4 Å². The second-order valence-corrected chi connectivity index (χ2v) is 7.73. The molecule has 0 aliphatic heterocycles. The number of hydrogen-bond donors (Lipinski definition) is 1. The van der Waals surface area contributed by atoms with Gasteiger partial charge in [0.2, 0.25) is 5.82 Å². The van der Waals surface area contributed by atoms with Crippen molar-refractivity contribution >= 4 is 34.8 Å². The van der Waals surface area contributed by atoms with Crippen LogP contribution in [0.5, 0.6) is 0 Å². The predicted octanol–water partition coefficient (Wildman–Crippen LogP) is 4.55. The molecule has 0 aliphatic rings. The number of alkyl halides is 3. The van der Waals surface area contributed by atoms with Gasteiger partial charge in [0.25, 0.3) is 5.91 Å². The highest BCUT2D eigenvalue weighted by molar-refractivity contribution is 6.32. The molecule has 34 heavy (non-hydrogen) atoms. The highest BCUT2D eigenvalue weighted by atomic mass is 35.5. The summed E-state index contributed by atoms with van der Waals surface area (Å²) in [6.07, 6.45) is -3.47. The number of para-hydroxylation sites is 2. The number of amides is 1. The molecule has 4 rings (SSSR count). The van der Waals surface area contributed by atoms with Crippen molar-refractivity contribution in [2.24, 2.45) is 5.10 Å². The first-order valence-electron chi connectivity index (χ1n) is 9.95. The molecule has 0 radical (unpaired) electrons. The summed E-state index contributed by atoms with van der Waals surface area (Å²) in [5.41, 5.74) is 4.23. The van der Waals surface area contributed by atoms with Crippen LogP contribution < -0.4 is 5.43 Å². The van der Waals surface area contributed by atoms with Crippen molar-refractivity contribution in [3.8, 4) is 0 Å². The molecular formula is C22H17ClF4N6O. The predicted molar refractivity (Wildman–Crippen MR) is 118 cm³/mol. The molecule has 0 atom stereocenters. The topological polar surface area (TPSA) is 77.1 Å². The highest BCUT2D eigenvalue weighted by Crippen LogP contribution is 2.31. The quantitative estimate of drug-likeness (QED) is 0.244. The van der Waals surface area contributed by atoms with Crippen molar-refractivity contribution < 1.29 is 22.4 Å². The van der Waals surface area contributed by atoms with Crippen LogP contribution in [0.1, 0.15) is 22.6 Å². The lowest BCUT2D eigenvalue weighted by Gasteiger charge is -2.10. The molecule has 2 heterocycles. The van der Waals surface area contributed by atoms with E-state index in [-0.39, 0.29) is 28.5 Å². The van der Waals surface area contributed by atoms with Crippen molar-refractivity contribution in [2.45, 2.75) is 26.2 Å². The van der Waals surface area contributed by atoms with Gasteiger partial charge in [0.1, 0.15) is 17.5 Å². The van der Waals surface area contributed by atoms with Crippen molar-refractivity contribution in [3.05, 3.63) is 82.1 Å². The van der Waals surface area contributed by atoms with Gasteiger partial charge in [-0.3, -0.25) is 4.79 Å². The molecule has 176 valence electrons. The van der Waals surface area contributed by atoms with Crippen LogP contribution in [-0.2, 0) is 24.1 Å². The van der Waals surface area contributed by atoms with Gasteiger partial charge in [-0.15, -0.1) is 0 Å². The molecule has 1 amide bonds. The maximum Gasteiger partial charge on any atom is 0.449 e. The summed E-state index contributed by atoms with van der Waals surface area (Å²) >= 11 is 6.36. The molecule has 2 aromatic carbocycles. The van der Waals surface area contributed by atoms with Gasteiger partial charge in [-0.1, -0.05) is 35.9 Å². The number of aryl methyl sites for hydroxylation is 1. The van der Waals surface area contributed by atoms with Gasteiger partial charge >= 0.3 is 6.18 Å². The Morgan fingerprint density at radius 2 is 1.88 bits per heavy atom. The van der Waals surface area contributed by atoms with Crippen LogP contribution in [-0.4, -0.2) is 31.5 Å². The van der Waals surface area contributed by atoms with Gasteiger partial charge in [-0.05, 0) is 36.8 Å². The van der Waals surface area contributed by atoms with E-state index in [0.29, 0.717) is 11.3 Å². The fourth-order valence-corrected chi connectivity index (χ4v) is 3.66. The van der Waals surface area contributed by atoms with Crippen LogP contribution in [0.2, 0.25) is 5.15 Å². The van der Waals surface area contributed by atoms with Crippen LogP contribution in [0.4, 0.5) is 17.6 Å². The fourth-order valence-electron chi connectivity index (χ4n) is 3.38. The van der Waals surface area contributed by atoms with Gasteiger partial charge in [-0.25, -0.2) is 19.5 Å². The van der Waals surface area contributed by atoms with Crippen LogP contribution in [0, 0.1) is 12.7 Å². The summed E-state index contributed by atoms with van der Waals surface area (Å²) in [5, 5.41) is 8.37. The lowest BCUT2D eigenvalue weighted by Crippen LogP contribution is -2.26. The van der Waals surface area contributed by atoms with E-state index >= 15 is 0 Å². The van der Waals surface area contributed by atoms with Gasteiger partial charge in [0.15, 0.2) is 0 Å². The minimum atomic E-state index is -4.73. The first kappa shape index (κ1) is 23.4. The minimum absolute atomic E-state index is 0.127. The van der Waals surface area contributed by atoms with Crippen LogP contribution in [0.25, 0.3) is 11.0 Å². The van der Waals surface area contributed by atoms with Crippen LogP contribution in [0.15, 0.2) is 53.6 Å². The van der Waals surface area contributed by atoms with Crippen molar-refractivity contribution in [2.75, 3.05) is 0 Å². The number of benzene rings is 2. The number of carbonyl (C=O) groups excluding carboxylic acids is 1. The van der Waals surface area contributed by atoms with E-state index in [1.54, 1.807) is 31.2 Å². The number of halogens is 5. The van der Waals surface area contributed by atoms with E-state index in [0.717, 1.165) is 10.1 Å². The number of hydrazone groups is 1. The fraction of sp³-hybridized carbons (Fsp3) is 0.182. The summed E-state index contributed by atoms with van der Waals surface area (Å²) in [6.45, 7) is 1.33. The Morgan fingerprint density at radius 1 is 1.18 bits per heavy atom. The zero-order valence-corrected chi connectivity index (χ0v) is 18.4. The first-order valence-corrected chi connectivity index (χ1v) is 10.3. The minimum Gasteiger partial charge on any atom is -0.311 e. The number of imidazole rings is 1. The van der Waals surface area contributed by atoms with Crippen LogP contribution >= 0.6 is 11.6 Å². The third-order valence-electron chi connectivity index (χ3n) is 4.95. The van der Waals surface area contributed by atoms with Gasteiger partial charge in [0, 0.05) is 0 Å². The van der Waals surface area contributed by atoms with Crippen LogP contribution in [0.3, 0.4) is 0 Å². The zero-order chi connectivity index (χ0) is 24.5. The average molecular weight is 493 g/mol.